The van der Waals surface area contributed by atoms with Crippen LogP contribution in [0.1, 0.15) is 74.9 Å². The van der Waals surface area contributed by atoms with E-state index < -0.39 is 7.92 Å². The molecule has 0 spiro atoms. The van der Waals surface area contributed by atoms with Crippen LogP contribution in [0.5, 0.6) is 0 Å². The number of benzene rings is 2. The van der Waals surface area contributed by atoms with Crippen LogP contribution in [0, 0.1) is 41.5 Å². The van der Waals surface area contributed by atoms with Gasteiger partial charge in [0.2, 0.25) is 0 Å². The molecule has 0 unspecified atom stereocenters. The predicted molar refractivity (Wildman–Crippen MR) is 138 cm³/mol. The van der Waals surface area contributed by atoms with Crippen molar-refractivity contribution in [3.63, 3.8) is 0 Å². The molecule has 0 radical (unpaired) electrons. The molecule has 0 heterocycles. The van der Waals surface area contributed by atoms with Gasteiger partial charge in [-0.05, 0) is 85.5 Å². The first kappa shape index (κ1) is 28.0. The summed E-state index contributed by atoms with van der Waals surface area (Å²) in [7, 11) is -0.635. The van der Waals surface area contributed by atoms with E-state index in [0.717, 1.165) is 17.0 Å². The topological polar surface area (TPSA) is 26.5 Å². The first-order valence-electron chi connectivity index (χ1n) is 10.9. The molecule has 0 aliphatic rings. The van der Waals surface area contributed by atoms with E-state index in [0.29, 0.717) is 0 Å². The van der Waals surface area contributed by atoms with Crippen LogP contribution >= 0.6 is 7.92 Å². The fourth-order valence-electron chi connectivity index (χ4n) is 4.63. The molecule has 0 bridgehead atoms. The Morgan fingerprint density at radius 3 is 1.39 bits per heavy atom. The zero-order chi connectivity index (χ0) is 23.0. The number of nitrogens with zero attached hydrogens (tertiary/aromatic N) is 2. The summed E-state index contributed by atoms with van der Waals surface area (Å²) < 4.78 is 0. The molecule has 0 atom stereocenters. The number of aryl methyl sites for hydroxylation is 6. The monoisotopic (exact) mass is 430 g/mol. The molecule has 164 valence electrons. The van der Waals surface area contributed by atoms with Crippen LogP contribution in [0.2, 0.25) is 0 Å². The normalized spacial score (nSPS) is 12.7. The van der Waals surface area contributed by atoms with Crippen LogP contribution in [0.15, 0.2) is 29.3 Å². The summed E-state index contributed by atoms with van der Waals surface area (Å²) in [6.45, 7) is 26.9. The summed E-state index contributed by atoms with van der Waals surface area (Å²) >= 11 is 0. The first-order chi connectivity index (χ1) is 13.6. The van der Waals surface area contributed by atoms with Gasteiger partial charge in [0.1, 0.15) is 0 Å². The van der Waals surface area contributed by atoms with E-state index in [1.807, 2.05) is 0 Å². The van der Waals surface area contributed by atoms with Crippen molar-refractivity contribution in [1.29, 1.82) is 0 Å². The third-order valence-electron chi connectivity index (χ3n) is 5.24. The molecule has 2 aromatic rings. The van der Waals surface area contributed by atoms with E-state index in [2.05, 4.69) is 107 Å². The summed E-state index contributed by atoms with van der Waals surface area (Å²) in [6.07, 6.45) is 0. The number of rotatable bonds is 3. The summed E-state index contributed by atoms with van der Waals surface area (Å²) in [5.74, 6) is 0. The quantitative estimate of drug-likeness (QED) is 0.236. The molecule has 0 N–H and O–H groups in total. The van der Waals surface area contributed by atoms with Crippen molar-refractivity contribution in [3.05, 3.63) is 63.0 Å². The number of hydrogen-bond acceptors (Lipinski definition) is 1. The van der Waals surface area contributed by atoms with Crippen molar-refractivity contribution < 1.29 is 18.9 Å². The maximum Gasteiger partial charge on any atom is 1.00 e. The Labute approximate surface area is 204 Å². The second-order valence-corrected chi connectivity index (χ2v) is 14.4. The summed E-state index contributed by atoms with van der Waals surface area (Å²) in [5, 5.41) is 5.50. The minimum atomic E-state index is -0.635. The molecular formula is C27H40LiN2P. The van der Waals surface area contributed by atoms with Crippen LogP contribution in [0.25, 0.3) is 5.32 Å². The van der Waals surface area contributed by atoms with Gasteiger partial charge in [-0.1, -0.05) is 90.4 Å². The molecule has 0 aromatic heterocycles. The first-order valence-corrected chi connectivity index (χ1v) is 12.2. The van der Waals surface area contributed by atoms with E-state index >= 15 is 0 Å². The Morgan fingerprint density at radius 2 is 1.03 bits per heavy atom. The van der Waals surface area contributed by atoms with Gasteiger partial charge in [0, 0.05) is 0 Å². The maximum atomic E-state index is 5.31. The summed E-state index contributed by atoms with van der Waals surface area (Å²) in [6, 6.07) is 8.90. The second-order valence-electron chi connectivity index (χ2n) is 10.7. The molecule has 0 aliphatic carbocycles. The Morgan fingerprint density at radius 1 is 0.677 bits per heavy atom. The van der Waals surface area contributed by atoms with Crippen molar-refractivity contribution in [2.24, 2.45) is 4.99 Å². The molecule has 2 aromatic carbocycles. The molecule has 0 saturated carbocycles. The van der Waals surface area contributed by atoms with Gasteiger partial charge in [-0.2, -0.15) is 0 Å². The Bertz CT molecular complexity index is 902. The van der Waals surface area contributed by atoms with Gasteiger partial charge in [0.25, 0.3) is 0 Å². The maximum absolute atomic E-state index is 5.31. The van der Waals surface area contributed by atoms with Gasteiger partial charge < -0.3 is 10.3 Å². The Kier molecular flexibility index (Phi) is 9.25. The molecule has 2 nitrogen and oxygen atoms in total. The standard InChI is InChI=1S/C27H40N2P.Li/c1-17-13-19(3)23(20(4)14-17)28-25(30(26(7,8)9)27(10,11)12)29-24-21(5)15-18(2)16-22(24)6;/h13-16H,1-12H3;/q-1;+1. The smallest absolute Gasteiger partial charge is 0.435 e. The molecule has 31 heavy (non-hydrogen) atoms. The van der Waals surface area contributed by atoms with E-state index in [-0.39, 0.29) is 29.2 Å². The van der Waals surface area contributed by atoms with Gasteiger partial charge in [-0.3, -0.25) is 0 Å². The molecule has 0 aliphatic heterocycles. The van der Waals surface area contributed by atoms with Crippen molar-refractivity contribution in [1.82, 2.24) is 0 Å². The Balaban J connectivity index is 0.00000480. The number of amidine groups is 1. The van der Waals surface area contributed by atoms with Crippen molar-refractivity contribution in [2.75, 3.05) is 0 Å². The molecular weight excluding hydrogens is 390 g/mol. The van der Waals surface area contributed by atoms with Crippen LogP contribution in [0.3, 0.4) is 0 Å². The van der Waals surface area contributed by atoms with E-state index in [1.165, 1.54) is 33.4 Å². The van der Waals surface area contributed by atoms with Crippen LogP contribution in [-0.4, -0.2) is 15.9 Å². The largest absolute Gasteiger partial charge is 1.00 e. The van der Waals surface area contributed by atoms with Crippen LogP contribution in [-0.2, 0) is 0 Å². The van der Waals surface area contributed by atoms with Gasteiger partial charge in [-0.25, -0.2) is 0 Å². The van der Waals surface area contributed by atoms with Crippen molar-refractivity contribution >= 4 is 24.9 Å². The number of hydrogen-bond donors (Lipinski definition) is 0. The average Bonchev–Trinajstić information content (AvgIpc) is 2.50. The van der Waals surface area contributed by atoms with Crippen molar-refractivity contribution in [2.45, 2.75) is 93.4 Å². The minimum absolute atomic E-state index is 0. The summed E-state index contributed by atoms with van der Waals surface area (Å²) in [5.41, 5.74) is 10.6. The third-order valence-corrected chi connectivity index (χ3v) is 8.52. The minimum Gasteiger partial charge on any atom is -0.435 e. The van der Waals surface area contributed by atoms with Crippen molar-refractivity contribution in [3.8, 4) is 0 Å². The average molecular weight is 431 g/mol. The Hall–Kier alpha value is -1.06. The number of aliphatic imine (C=N–C) groups is 1. The van der Waals surface area contributed by atoms with Gasteiger partial charge >= 0.3 is 18.9 Å². The van der Waals surface area contributed by atoms with Crippen LogP contribution in [0.4, 0.5) is 11.4 Å². The van der Waals surface area contributed by atoms with E-state index in [9.17, 15) is 0 Å². The molecule has 2 rings (SSSR count). The summed E-state index contributed by atoms with van der Waals surface area (Å²) in [4.78, 5) is 5.31. The third kappa shape index (κ3) is 6.96. The SMILES string of the molecule is Cc1cc(C)c(N=C([N-]c2c(C)cc(C)cc2C)P(C(C)(C)C)C(C)(C)C)c(C)c1.[Li+]. The van der Waals surface area contributed by atoms with Gasteiger partial charge in [0.05, 0.1) is 0 Å². The van der Waals surface area contributed by atoms with Gasteiger partial charge in [0.15, 0.2) is 0 Å². The van der Waals surface area contributed by atoms with E-state index in [4.69, 9.17) is 10.3 Å². The van der Waals surface area contributed by atoms with E-state index in [1.54, 1.807) is 0 Å². The predicted octanol–water partition coefficient (Wildman–Crippen LogP) is 6.31. The fourth-order valence-corrected chi connectivity index (χ4v) is 8.24. The molecule has 4 heteroatoms. The molecule has 0 amide bonds. The molecule has 0 saturated heterocycles. The molecule has 0 fully saturated rings. The van der Waals surface area contributed by atoms with Gasteiger partial charge in [-0.15, -0.1) is 0 Å². The second kappa shape index (κ2) is 10.3. The zero-order valence-corrected chi connectivity index (χ0v) is 23.0. The van der Waals surface area contributed by atoms with Crippen LogP contribution < -0.4 is 18.9 Å². The fraction of sp³-hybridized carbons (Fsp3) is 0.519. The zero-order valence-electron chi connectivity index (χ0n) is 22.2.